The van der Waals surface area contributed by atoms with E-state index < -0.39 is 0 Å². The van der Waals surface area contributed by atoms with Gasteiger partial charge < -0.3 is 15.0 Å². The molecule has 1 aromatic carbocycles. The van der Waals surface area contributed by atoms with Crippen LogP contribution in [0, 0.1) is 12.8 Å². The van der Waals surface area contributed by atoms with Crippen LogP contribution >= 0.6 is 0 Å². The molecule has 0 saturated carbocycles. The maximum atomic E-state index is 5.10. The molecule has 21 heavy (non-hydrogen) atoms. The molecule has 1 rings (SSSR count). The minimum atomic E-state index is 0.723. The highest BCUT2D eigenvalue weighted by atomic mass is 16.5. The number of anilines is 1. The molecular formula is C18H32N2O. The highest BCUT2D eigenvalue weighted by molar-refractivity contribution is 5.55. The first-order valence-corrected chi connectivity index (χ1v) is 8.16. The van der Waals surface area contributed by atoms with Crippen molar-refractivity contribution >= 4 is 5.69 Å². The second kappa shape index (κ2) is 9.80. The summed E-state index contributed by atoms with van der Waals surface area (Å²) >= 11 is 0. The quantitative estimate of drug-likeness (QED) is 0.667. The van der Waals surface area contributed by atoms with Gasteiger partial charge in [0.15, 0.2) is 0 Å². The summed E-state index contributed by atoms with van der Waals surface area (Å²) in [6.07, 6.45) is 1.23. The molecule has 0 aliphatic heterocycles. The number of benzene rings is 1. The van der Waals surface area contributed by atoms with Gasteiger partial charge in [0.05, 0.1) is 6.61 Å². The van der Waals surface area contributed by atoms with Crippen molar-refractivity contribution in [2.75, 3.05) is 38.3 Å². The molecular weight excluding hydrogens is 260 g/mol. The van der Waals surface area contributed by atoms with E-state index in [1.165, 1.54) is 23.2 Å². The summed E-state index contributed by atoms with van der Waals surface area (Å²) in [6.45, 7) is 13.7. The lowest BCUT2D eigenvalue weighted by molar-refractivity contribution is 0.199. The van der Waals surface area contributed by atoms with E-state index in [-0.39, 0.29) is 0 Å². The normalized spacial score (nSPS) is 12.4. The molecule has 0 heterocycles. The molecule has 0 amide bonds. The van der Waals surface area contributed by atoms with Gasteiger partial charge in [-0.3, -0.25) is 0 Å². The van der Waals surface area contributed by atoms with Gasteiger partial charge in [-0.05, 0) is 31.4 Å². The molecule has 0 fully saturated rings. The molecule has 0 aliphatic rings. The van der Waals surface area contributed by atoms with Gasteiger partial charge in [0.1, 0.15) is 0 Å². The predicted molar refractivity (Wildman–Crippen MR) is 92.1 cm³/mol. The Hall–Kier alpha value is -1.06. The molecule has 0 aromatic heterocycles. The number of methoxy groups -OCH3 is 1. The van der Waals surface area contributed by atoms with E-state index in [1.807, 2.05) is 0 Å². The van der Waals surface area contributed by atoms with Crippen LogP contribution in [0.4, 0.5) is 5.69 Å². The van der Waals surface area contributed by atoms with Crippen LogP contribution in [0.15, 0.2) is 18.2 Å². The average Bonchev–Trinajstić information content (AvgIpc) is 2.49. The number of rotatable bonds is 10. The third-order valence-corrected chi connectivity index (χ3v) is 3.98. The van der Waals surface area contributed by atoms with E-state index in [1.54, 1.807) is 7.11 Å². The van der Waals surface area contributed by atoms with Gasteiger partial charge in [0, 0.05) is 39.0 Å². The van der Waals surface area contributed by atoms with Crippen LogP contribution in [0.5, 0.6) is 0 Å². The zero-order chi connectivity index (χ0) is 15.7. The number of nitrogens with zero attached hydrogens (tertiary/aromatic N) is 1. The Morgan fingerprint density at radius 1 is 1.29 bits per heavy atom. The average molecular weight is 292 g/mol. The fourth-order valence-corrected chi connectivity index (χ4v) is 2.46. The fraction of sp³-hybridized carbons (Fsp3) is 0.667. The predicted octanol–water partition coefficient (Wildman–Crippen LogP) is 3.60. The first kappa shape index (κ1) is 18.0. The van der Waals surface area contributed by atoms with Crippen LogP contribution in [0.25, 0.3) is 0 Å². The molecule has 0 radical (unpaired) electrons. The van der Waals surface area contributed by atoms with Gasteiger partial charge in [-0.1, -0.05) is 38.0 Å². The third-order valence-electron chi connectivity index (χ3n) is 3.98. The monoisotopic (exact) mass is 292 g/mol. The molecule has 0 saturated heterocycles. The van der Waals surface area contributed by atoms with Gasteiger partial charge in [0.2, 0.25) is 0 Å². The maximum absolute atomic E-state index is 5.10. The number of hydrogen-bond acceptors (Lipinski definition) is 3. The Kier molecular flexibility index (Phi) is 8.40. The fourth-order valence-electron chi connectivity index (χ4n) is 2.46. The molecule has 1 N–H and O–H groups in total. The Bertz CT molecular complexity index is 406. The molecule has 1 atom stereocenters. The lowest BCUT2D eigenvalue weighted by Crippen LogP contribution is -2.30. The van der Waals surface area contributed by atoms with Crippen molar-refractivity contribution in [2.24, 2.45) is 5.92 Å². The maximum Gasteiger partial charge on any atom is 0.0587 e. The minimum absolute atomic E-state index is 0.723. The summed E-state index contributed by atoms with van der Waals surface area (Å²) in [5, 5.41) is 3.46. The molecule has 1 aromatic rings. The highest BCUT2D eigenvalue weighted by Gasteiger charge is 2.12. The van der Waals surface area contributed by atoms with Gasteiger partial charge >= 0.3 is 0 Å². The van der Waals surface area contributed by atoms with Gasteiger partial charge in [-0.2, -0.15) is 0 Å². The van der Waals surface area contributed by atoms with E-state index in [4.69, 9.17) is 4.74 Å². The first-order chi connectivity index (χ1) is 10.1. The standard InChI is InChI=1S/C18H32N2O/c1-6-15(3)14-20(7-2)18-9-8-16(4)12-17(18)13-19-10-11-21-5/h8-9,12,15,19H,6-7,10-11,13-14H2,1-5H3. The summed E-state index contributed by atoms with van der Waals surface area (Å²) in [4.78, 5) is 2.50. The zero-order valence-electron chi connectivity index (χ0n) is 14.4. The van der Waals surface area contributed by atoms with Crippen molar-refractivity contribution in [3.63, 3.8) is 0 Å². The van der Waals surface area contributed by atoms with Gasteiger partial charge in [0.25, 0.3) is 0 Å². The molecule has 0 bridgehead atoms. The van der Waals surface area contributed by atoms with E-state index >= 15 is 0 Å². The molecule has 1 unspecified atom stereocenters. The zero-order valence-corrected chi connectivity index (χ0v) is 14.4. The van der Waals surface area contributed by atoms with Crippen molar-refractivity contribution < 1.29 is 4.74 Å². The van der Waals surface area contributed by atoms with Gasteiger partial charge in [-0.15, -0.1) is 0 Å². The SMILES string of the molecule is CCC(C)CN(CC)c1ccc(C)cc1CNCCOC. The Labute approximate surface area is 130 Å². The Morgan fingerprint density at radius 2 is 2.05 bits per heavy atom. The number of nitrogens with one attached hydrogen (secondary N) is 1. The largest absolute Gasteiger partial charge is 0.383 e. The summed E-state index contributed by atoms with van der Waals surface area (Å²) < 4.78 is 5.10. The lowest BCUT2D eigenvalue weighted by atomic mass is 10.0. The van der Waals surface area contributed by atoms with Gasteiger partial charge in [-0.25, -0.2) is 0 Å². The summed E-state index contributed by atoms with van der Waals surface area (Å²) in [6, 6.07) is 6.79. The van der Waals surface area contributed by atoms with Crippen LogP contribution < -0.4 is 10.2 Å². The van der Waals surface area contributed by atoms with Crippen LogP contribution in [-0.4, -0.2) is 33.4 Å². The van der Waals surface area contributed by atoms with Crippen LogP contribution in [0.2, 0.25) is 0 Å². The molecule has 3 heteroatoms. The minimum Gasteiger partial charge on any atom is -0.383 e. The van der Waals surface area contributed by atoms with Crippen molar-refractivity contribution in [3.8, 4) is 0 Å². The van der Waals surface area contributed by atoms with Crippen molar-refractivity contribution in [1.82, 2.24) is 5.32 Å². The van der Waals surface area contributed by atoms with E-state index in [0.29, 0.717) is 0 Å². The van der Waals surface area contributed by atoms with E-state index in [2.05, 4.69) is 56.1 Å². The second-order valence-corrected chi connectivity index (χ2v) is 5.85. The first-order valence-electron chi connectivity index (χ1n) is 8.16. The smallest absolute Gasteiger partial charge is 0.0587 e. The molecule has 120 valence electrons. The Balaban J connectivity index is 2.82. The lowest BCUT2D eigenvalue weighted by Gasteiger charge is -2.29. The second-order valence-electron chi connectivity index (χ2n) is 5.85. The molecule has 0 spiro atoms. The Morgan fingerprint density at radius 3 is 2.67 bits per heavy atom. The van der Waals surface area contributed by atoms with E-state index in [0.717, 1.165) is 38.7 Å². The van der Waals surface area contributed by atoms with Crippen molar-refractivity contribution in [1.29, 1.82) is 0 Å². The van der Waals surface area contributed by atoms with Crippen LogP contribution in [0.1, 0.15) is 38.3 Å². The third kappa shape index (κ3) is 6.06. The molecule has 3 nitrogen and oxygen atoms in total. The van der Waals surface area contributed by atoms with Crippen molar-refractivity contribution in [3.05, 3.63) is 29.3 Å². The summed E-state index contributed by atoms with van der Waals surface area (Å²) in [5.74, 6) is 0.723. The number of hydrogen-bond donors (Lipinski definition) is 1. The summed E-state index contributed by atoms with van der Waals surface area (Å²) in [7, 11) is 1.74. The van der Waals surface area contributed by atoms with Crippen LogP contribution in [0.3, 0.4) is 0 Å². The molecule has 0 aliphatic carbocycles. The van der Waals surface area contributed by atoms with E-state index in [9.17, 15) is 0 Å². The van der Waals surface area contributed by atoms with Crippen molar-refractivity contribution in [2.45, 2.75) is 40.7 Å². The summed E-state index contributed by atoms with van der Waals surface area (Å²) in [5.41, 5.74) is 4.08. The van der Waals surface area contributed by atoms with Crippen LogP contribution in [-0.2, 0) is 11.3 Å². The topological polar surface area (TPSA) is 24.5 Å². The number of aryl methyl sites for hydroxylation is 1. The highest BCUT2D eigenvalue weighted by Crippen LogP contribution is 2.23. The number of ether oxygens (including phenoxy) is 1.